The predicted octanol–water partition coefficient (Wildman–Crippen LogP) is 2.06. The van der Waals surface area contributed by atoms with Gasteiger partial charge < -0.3 is 19.3 Å². The molecule has 5 heteroatoms. The van der Waals surface area contributed by atoms with Crippen molar-refractivity contribution >= 4 is 5.97 Å². The van der Waals surface area contributed by atoms with Gasteiger partial charge in [-0.1, -0.05) is 37.3 Å². The Labute approximate surface area is 131 Å². The summed E-state index contributed by atoms with van der Waals surface area (Å²) in [7, 11) is 0. The third-order valence-corrected chi connectivity index (χ3v) is 3.87. The van der Waals surface area contributed by atoms with Crippen LogP contribution in [0.25, 0.3) is 0 Å². The first-order chi connectivity index (χ1) is 10.6. The zero-order valence-corrected chi connectivity index (χ0v) is 13.2. The molecule has 1 aliphatic heterocycles. The molecule has 0 spiro atoms. The van der Waals surface area contributed by atoms with E-state index in [1.165, 1.54) is 0 Å². The van der Waals surface area contributed by atoms with Crippen LogP contribution in [0.4, 0.5) is 0 Å². The van der Waals surface area contributed by atoms with E-state index in [2.05, 4.69) is 0 Å². The number of carbonyl (C=O) groups excluding carboxylic acids is 1. The molecule has 1 aromatic carbocycles. The maximum Gasteiger partial charge on any atom is 0.343 e. The van der Waals surface area contributed by atoms with Gasteiger partial charge in [-0.05, 0) is 18.9 Å². The zero-order chi connectivity index (χ0) is 16.0. The van der Waals surface area contributed by atoms with Crippen molar-refractivity contribution in [3.8, 4) is 0 Å². The molecule has 0 radical (unpaired) electrons. The maximum atomic E-state index is 12.0. The lowest BCUT2D eigenvalue weighted by molar-refractivity contribution is -0.154. The summed E-state index contributed by atoms with van der Waals surface area (Å²) in [5.41, 5.74) is -0.118. The van der Waals surface area contributed by atoms with Crippen LogP contribution in [0.2, 0.25) is 0 Å². The zero-order valence-electron chi connectivity index (χ0n) is 13.2. The Hall–Kier alpha value is -1.43. The molecule has 1 heterocycles. The van der Waals surface area contributed by atoms with Crippen molar-refractivity contribution in [3.05, 3.63) is 35.9 Å². The topological polar surface area (TPSA) is 68.3 Å². The first-order valence-corrected chi connectivity index (χ1v) is 7.79. The van der Waals surface area contributed by atoms with E-state index in [9.17, 15) is 9.90 Å². The van der Waals surface area contributed by atoms with Crippen LogP contribution >= 0.6 is 0 Å². The van der Waals surface area contributed by atoms with Gasteiger partial charge in [-0.3, -0.25) is 0 Å². The average Bonchev–Trinajstić information content (AvgIpc) is 3.28. The van der Waals surface area contributed by atoms with Crippen LogP contribution in [0.15, 0.2) is 30.3 Å². The van der Waals surface area contributed by atoms with E-state index < -0.39 is 17.7 Å². The second-order valence-corrected chi connectivity index (χ2v) is 5.37. The number of rotatable bonds is 9. The van der Waals surface area contributed by atoms with Gasteiger partial charge in [0, 0.05) is 13.0 Å². The molecule has 3 atom stereocenters. The molecule has 22 heavy (non-hydrogen) atoms. The number of aliphatic hydroxyl groups excluding tert-OH is 1. The molecular weight excluding hydrogens is 284 g/mol. The number of ether oxygens (including phenoxy) is 3. The Kier molecular flexibility index (Phi) is 5.94. The summed E-state index contributed by atoms with van der Waals surface area (Å²) in [5, 5.41) is 10.3. The smallest absolute Gasteiger partial charge is 0.343 e. The molecule has 1 aliphatic rings. The van der Waals surface area contributed by atoms with Crippen LogP contribution < -0.4 is 0 Å². The Morgan fingerprint density at radius 2 is 2.09 bits per heavy atom. The summed E-state index contributed by atoms with van der Waals surface area (Å²) in [6, 6.07) is 9.81. The molecule has 0 aliphatic carbocycles. The van der Waals surface area contributed by atoms with Crippen LogP contribution in [-0.4, -0.2) is 42.1 Å². The Balaban J connectivity index is 1.80. The van der Waals surface area contributed by atoms with E-state index in [4.69, 9.17) is 14.2 Å². The van der Waals surface area contributed by atoms with Gasteiger partial charge in [-0.15, -0.1) is 0 Å². The third-order valence-electron chi connectivity index (χ3n) is 3.87. The summed E-state index contributed by atoms with van der Waals surface area (Å²) in [6.45, 7) is 4.78. The molecule has 5 nitrogen and oxygen atoms in total. The largest absolute Gasteiger partial charge is 0.464 e. The summed E-state index contributed by atoms with van der Waals surface area (Å²) < 4.78 is 16.1. The summed E-state index contributed by atoms with van der Waals surface area (Å²) >= 11 is 0. The molecule has 0 aromatic heterocycles. The quantitative estimate of drug-likeness (QED) is 0.430. The summed E-state index contributed by atoms with van der Waals surface area (Å²) in [4.78, 5) is 12.0. The monoisotopic (exact) mass is 308 g/mol. The van der Waals surface area contributed by atoms with Crippen LogP contribution in [0.3, 0.4) is 0 Å². The van der Waals surface area contributed by atoms with Crippen molar-refractivity contribution in [1.82, 2.24) is 0 Å². The van der Waals surface area contributed by atoms with Crippen molar-refractivity contribution in [1.29, 1.82) is 0 Å². The maximum absolute atomic E-state index is 12.0. The number of carbonyl (C=O) groups is 1. The van der Waals surface area contributed by atoms with Gasteiger partial charge in [-0.2, -0.15) is 0 Å². The molecular formula is C17H24O5. The first-order valence-electron chi connectivity index (χ1n) is 7.79. The summed E-state index contributed by atoms with van der Waals surface area (Å²) in [6.07, 6.45) is -0.175. The van der Waals surface area contributed by atoms with Gasteiger partial charge in [0.25, 0.3) is 0 Å². The van der Waals surface area contributed by atoms with E-state index in [1.807, 2.05) is 37.3 Å². The van der Waals surface area contributed by atoms with Gasteiger partial charge >= 0.3 is 5.97 Å². The molecule has 2 rings (SSSR count). The minimum atomic E-state index is -1.19. The lowest BCUT2D eigenvalue weighted by Crippen LogP contribution is -2.42. The van der Waals surface area contributed by atoms with Crippen LogP contribution in [-0.2, 0) is 25.6 Å². The number of epoxide rings is 1. The Morgan fingerprint density at radius 3 is 2.68 bits per heavy atom. The average molecular weight is 308 g/mol. The second kappa shape index (κ2) is 7.72. The van der Waals surface area contributed by atoms with Crippen molar-refractivity contribution < 1.29 is 24.1 Å². The Bertz CT molecular complexity index is 475. The molecule has 0 amide bonds. The summed E-state index contributed by atoms with van der Waals surface area (Å²) in [5.74, 6) is -0.475. The van der Waals surface area contributed by atoms with E-state index in [1.54, 1.807) is 6.92 Å². The van der Waals surface area contributed by atoms with Gasteiger partial charge in [0.05, 0.1) is 19.3 Å². The number of benzene rings is 1. The normalized spacial score (nSPS) is 24.8. The predicted molar refractivity (Wildman–Crippen MR) is 81.2 cm³/mol. The fourth-order valence-electron chi connectivity index (χ4n) is 2.61. The highest BCUT2D eigenvalue weighted by Gasteiger charge is 2.67. The van der Waals surface area contributed by atoms with Crippen molar-refractivity contribution in [2.24, 2.45) is 0 Å². The first kappa shape index (κ1) is 16.9. The minimum Gasteiger partial charge on any atom is -0.464 e. The molecule has 1 saturated heterocycles. The molecule has 0 unspecified atom stereocenters. The lowest BCUT2D eigenvalue weighted by atomic mass is 9.94. The lowest BCUT2D eigenvalue weighted by Gasteiger charge is -2.18. The van der Waals surface area contributed by atoms with Gasteiger partial charge in [0.2, 0.25) is 5.60 Å². The fraction of sp³-hybridized carbons (Fsp3) is 0.588. The highest BCUT2D eigenvalue weighted by molar-refractivity contribution is 5.84. The van der Waals surface area contributed by atoms with Crippen LogP contribution in [0.1, 0.15) is 32.3 Å². The Morgan fingerprint density at radius 1 is 1.36 bits per heavy atom. The molecule has 0 saturated carbocycles. The molecule has 1 aromatic rings. The third kappa shape index (κ3) is 3.66. The van der Waals surface area contributed by atoms with E-state index in [0.29, 0.717) is 26.1 Å². The fourth-order valence-corrected chi connectivity index (χ4v) is 2.61. The van der Waals surface area contributed by atoms with Crippen molar-refractivity contribution in [2.75, 3.05) is 13.2 Å². The van der Waals surface area contributed by atoms with Crippen LogP contribution in [0, 0.1) is 0 Å². The molecule has 1 fully saturated rings. The van der Waals surface area contributed by atoms with Gasteiger partial charge in [0.1, 0.15) is 6.10 Å². The van der Waals surface area contributed by atoms with E-state index in [0.717, 1.165) is 5.56 Å². The van der Waals surface area contributed by atoms with E-state index >= 15 is 0 Å². The van der Waals surface area contributed by atoms with Crippen molar-refractivity contribution in [3.63, 3.8) is 0 Å². The van der Waals surface area contributed by atoms with E-state index in [-0.39, 0.29) is 12.7 Å². The van der Waals surface area contributed by atoms with Crippen LogP contribution in [0.5, 0.6) is 0 Å². The number of hydrogen-bond acceptors (Lipinski definition) is 5. The SMILES string of the molecule is CCOC(=O)[C@@]1([C@@H](O)CCOCc2ccccc2)O[C@H]1CC. The van der Waals surface area contributed by atoms with Crippen molar-refractivity contribution in [2.45, 2.75) is 51.1 Å². The number of aliphatic hydroxyl groups is 1. The molecule has 122 valence electrons. The molecule has 0 bridgehead atoms. The highest BCUT2D eigenvalue weighted by atomic mass is 16.7. The standard InChI is InChI=1S/C17H24O5/c1-3-15-17(22-15,16(19)21-4-2)14(18)10-11-20-12-13-8-6-5-7-9-13/h5-9,14-15,18H,3-4,10-12H2,1-2H3/t14-,15-,17-/m0/s1. The highest BCUT2D eigenvalue weighted by Crippen LogP contribution is 2.44. The second-order valence-electron chi connectivity index (χ2n) is 5.37. The number of hydrogen-bond donors (Lipinski definition) is 1. The molecule has 1 N–H and O–H groups in total. The number of esters is 1. The van der Waals surface area contributed by atoms with Gasteiger partial charge in [0.15, 0.2) is 0 Å². The minimum absolute atomic E-state index is 0.268. The van der Waals surface area contributed by atoms with Gasteiger partial charge in [-0.25, -0.2) is 4.79 Å².